The van der Waals surface area contributed by atoms with E-state index in [1.54, 1.807) is 11.3 Å². The summed E-state index contributed by atoms with van der Waals surface area (Å²) >= 11 is 1.56. The van der Waals surface area contributed by atoms with E-state index in [1.165, 1.54) is 24.7 Å². The van der Waals surface area contributed by atoms with Crippen molar-refractivity contribution in [3.05, 3.63) is 58.8 Å². The lowest BCUT2D eigenvalue weighted by molar-refractivity contribution is 0.0921. The highest BCUT2D eigenvalue weighted by Crippen LogP contribution is 2.24. The number of carbonyl (C=O) groups is 1. The lowest BCUT2D eigenvalue weighted by Gasteiger charge is -2.02. The predicted molar refractivity (Wildman–Crippen MR) is 103 cm³/mol. The van der Waals surface area contributed by atoms with E-state index >= 15 is 0 Å². The Bertz CT molecular complexity index is 1040. The van der Waals surface area contributed by atoms with E-state index in [9.17, 15) is 13.2 Å². The van der Waals surface area contributed by atoms with E-state index in [-0.39, 0.29) is 10.9 Å². The summed E-state index contributed by atoms with van der Waals surface area (Å²) in [5.74, 6) is -0.524. The van der Waals surface area contributed by atoms with Gasteiger partial charge in [-0.25, -0.2) is 18.1 Å². The molecule has 0 bridgehead atoms. The molecule has 0 atom stereocenters. The molecular formula is C18H19N3O4S2. The topological polar surface area (TPSA) is 101 Å². The first-order chi connectivity index (χ1) is 12.9. The number of nitrogens with zero attached hydrogens (tertiary/aromatic N) is 1. The van der Waals surface area contributed by atoms with Gasteiger partial charge in [-0.15, -0.1) is 11.3 Å². The molecular weight excluding hydrogens is 386 g/mol. The Labute approximate surface area is 161 Å². The number of aromatic nitrogens is 1. The number of aryl methyl sites for hydroxylation is 1. The zero-order chi connectivity index (χ0) is 19.4. The van der Waals surface area contributed by atoms with Crippen molar-refractivity contribution in [2.45, 2.75) is 18.4 Å². The van der Waals surface area contributed by atoms with E-state index < -0.39 is 15.9 Å². The number of thiazole rings is 1. The van der Waals surface area contributed by atoms with E-state index in [2.05, 4.69) is 15.0 Å². The van der Waals surface area contributed by atoms with Crippen LogP contribution in [0.4, 0.5) is 0 Å². The largest absolute Gasteiger partial charge is 0.438 e. The summed E-state index contributed by atoms with van der Waals surface area (Å²) in [6, 6.07) is 10.7. The molecule has 3 aromatic rings. The van der Waals surface area contributed by atoms with E-state index in [0.29, 0.717) is 13.0 Å². The number of nitrogens with one attached hydrogen (secondary N) is 2. The second-order valence-corrected chi connectivity index (χ2v) is 8.52. The number of hydrogen-bond acceptors (Lipinski definition) is 6. The second-order valence-electron chi connectivity index (χ2n) is 5.84. The number of sulfonamides is 1. The molecule has 7 nitrogen and oxygen atoms in total. The maximum Gasteiger partial charge on any atom is 0.287 e. The van der Waals surface area contributed by atoms with Crippen molar-refractivity contribution in [2.75, 3.05) is 13.6 Å². The minimum absolute atomic E-state index is 0.0533. The molecule has 2 N–H and O–H groups in total. The first-order valence-electron chi connectivity index (χ1n) is 8.22. The quantitative estimate of drug-likeness (QED) is 0.629. The van der Waals surface area contributed by atoms with Crippen LogP contribution >= 0.6 is 11.3 Å². The molecule has 3 rings (SSSR count). The molecule has 1 amide bonds. The molecule has 2 aromatic heterocycles. The molecule has 0 aliphatic rings. The number of rotatable bonds is 7. The van der Waals surface area contributed by atoms with Gasteiger partial charge in [-0.3, -0.25) is 4.79 Å². The molecule has 142 valence electrons. The molecule has 0 saturated heterocycles. The fourth-order valence-electron chi connectivity index (χ4n) is 2.33. The second kappa shape index (κ2) is 8.03. The highest BCUT2D eigenvalue weighted by Gasteiger charge is 2.19. The summed E-state index contributed by atoms with van der Waals surface area (Å²) < 4.78 is 30.5. The number of benzene rings is 1. The van der Waals surface area contributed by atoms with E-state index in [1.807, 2.05) is 36.6 Å². The Morgan fingerprint density at radius 3 is 2.63 bits per heavy atom. The van der Waals surface area contributed by atoms with Gasteiger partial charge in [-0.2, -0.15) is 0 Å². The third kappa shape index (κ3) is 4.62. The summed E-state index contributed by atoms with van der Waals surface area (Å²) in [7, 11) is -2.43. The average molecular weight is 406 g/mol. The first kappa shape index (κ1) is 19.3. The predicted octanol–water partition coefficient (Wildman–Crippen LogP) is 2.59. The van der Waals surface area contributed by atoms with Crippen LogP contribution in [0.3, 0.4) is 0 Å². The van der Waals surface area contributed by atoms with Gasteiger partial charge in [-0.05, 0) is 26.1 Å². The minimum Gasteiger partial charge on any atom is -0.438 e. The molecule has 0 unspecified atom stereocenters. The highest BCUT2D eigenvalue weighted by atomic mass is 32.2. The van der Waals surface area contributed by atoms with Crippen molar-refractivity contribution >= 4 is 27.3 Å². The van der Waals surface area contributed by atoms with Crippen LogP contribution in [0, 0.1) is 6.92 Å². The fraction of sp³-hybridized carbons (Fsp3) is 0.222. The van der Waals surface area contributed by atoms with Crippen LogP contribution in [-0.2, 0) is 16.4 Å². The fourth-order valence-corrected chi connectivity index (χ4v) is 3.84. The molecule has 27 heavy (non-hydrogen) atoms. The molecule has 0 spiro atoms. The van der Waals surface area contributed by atoms with Crippen molar-refractivity contribution in [3.8, 4) is 10.6 Å². The van der Waals surface area contributed by atoms with Gasteiger partial charge in [0.2, 0.25) is 5.09 Å². The SMILES string of the molecule is CNS(=O)(=O)c1ccc(C(=O)NCCc2csc(-c3ccc(C)cc3)n2)o1. The summed E-state index contributed by atoms with van der Waals surface area (Å²) in [4.78, 5) is 16.7. The molecule has 0 aliphatic carbocycles. The summed E-state index contributed by atoms with van der Waals surface area (Å²) in [6.07, 6.45) is 0.566. The maximum absolute atomic E-state index is 12.1. The van der Waals surface area contributed by atoms with Gasteiger partial charge in [0, 0.05) is 23.9 Å². The van der Waals surface area contributed by atoms with E-state index in [0.717, 1.165) is 16.3 Å². The molecule has 1 aromatic carbocycles. The summed E-state index contributed by atoms with van der Waals surface area (Å²) in [5.41, 5.74) is 3.14. The standard InChI is InChI=1S/C18H19N3O4S2/c1-12-3-5-13(6-4-12)18-21-14(11-26-18)9-10-20-17(22)15-7-8-16(25-15)27(23,24)19-2/h3-8,11,19H,9-10H2,1-2H3,(H,20,22). The lowest BCUT2D eigenvalue weighted by Crippen LogP contribution is -2.25. The van der Waals surface area contributed by atoms with Gasteiger partial charge in [0.1, 0.15) is 5.01 Å². The van der Waals surface area contributed by atoms with Gasteiger partial charge in [0.25, 0.3) is 15.9 Å². The van der Waals surface area contributed by atoms with Crippen LogP contribution in [-0.4, -0.2) is 32.9 Å². The Morgan fingerprint density at radius 2 is 1.93 bits per heavy atom. The summed E-state index contributed by atoms with van der Waals surface area (Å²) in [6.45, 7) is 2.40. The zero-order valence-electron chi connectivity index (χ0n) is 14.9. The number of furan rings is 1. The number of hydrogen-bond donors (Lipinski definition) is 2. The van der Waals surface area contributed by atoms with Crippen molar-refractivity contribution in [1.82, 2.24) is 15.0 Å². The molecule has 0 radical (unpaired) electrons. The van der Waals surface area contributed by atoms with E-state index in [4.69, 9.17) is 4.42 Å². The van der Waals surface area contributed by atoms with Crippen molar-refractivity contribution in [3.63, 3.8) is 0 Å². The highest BCUT2D eigenvalue weighted by molar-refractivity contribution is 7.89. The van der Waals surface area contributed by atoms with Crippen LogP contribution < -0.4 is 10.0 Å². The van der Waals surface area contributed by atoms with Crippen molar-refractivity contribution in [1.29, 1.82) is 0 Å². The van der Waals surface area contributed by atoms with Gasteiger partial charge in [0.05, 0.1) is 5.69 Å². The molecule has 9 heteroatoms. The maximum atomic E-state index is 12.1. The Kier molecular flexibility index (Phi) is 5.73. The zero-order valence-corrected chi connectivity index (χ0v) is 16.5. The Hall–Kier alpha value is -2.49. The number of amides is 1. The third-order valence-electron chi connectivity index (χ3n) is 3.86. The molecule has 0 aliphatic heterocycles. The van der Waals surface area contributed by atoms with Crippen LogP contribution in [0.2, 0.25) is 0 Å². The lowest BCUT2D eigenvalue weighted by atomic mass is 10.2. The monoisotopic (exact) mass is 405 g/mol. The van der Waals surface area contributed by atoms with Gasteiger partial charge in [-0.1, -0.05) is 29.8 Å². The van der Waals surface area contributed by atoms with Crippen LogP contribution in [0.1, 0.15) is 21.8 Å². The minimum atomic E-state index is -3.71. The molecule has 0 fully saturated rings. The van der Waals surface area contributed by atoms with Crippen LogP contribution in [0.5, 0.6) is 0 Å². The Morgan fingerprint density at radius 1 is 1.19 bits per heavy atom. The van der Waals surface area contributed by atoms with Gasteiger partial charge in [0.15, 0.2) is 5.76 Å². The average Bonchev–Trinajstić information content (AvgIpc) is 3.32. The smallest absolute Gasteiger partial charge is 0.287 e. The van der Waals surface area contributed by atoms with Crippen LogP contribution in [0.15, 0.2) is 51.3 Å². The van der Waals surface area contributed by atoms with Crippen molar-refractivity contribution in [2.24, 2.45) is 0 Å². The first-order valence-corrected chi connectivity index (χ1v) is 10.6. The molecule has 2 heterocycles. The van der Waals surface area contributed by atoms with Gasteiger partial charge < -0.3 is 9.73 Å². The van der Waals surface area contributed by atoms with Crippen molar-refractivity contribution < 1.29 is 17.6 Å². The summed E-state index contributed by atoms with van der Waals surface area (Å²) in [5, 5.41) is 5.31. The third-order valence-corrected chi connectivity index (χ3v) is 6.08. The Balaban J connectivity index is 1.56. The van der Waals surface area contributed by atoms with Gasteiger partial charge >= 0.3 is 0 Å². The normalized spacial score (nSPS) is 11.5. The van der Waals surface area contributed by atoms with Crippen LogP contribution in [0.25, 0.3) is 10.6 Å². The molecule has 0 saturated carbocycles. The number of carbonyl (C=O) groups excluding carboxylic acids is 1.